The number of rotatable bonds is 1. The van der Waals surface area contributed by atoms with Crippen LogP contribution in [0.5, 0.6) is 0 Å². The number of fused-ring (bicyclic) bond motifs is 3. The molecule has 0 bridgehead atoms. The van der Waals surface area contributed by atoms with Crippen molar-refractivity contribution in [2.75, 3.05) is 4.90 Å². The highest BCUT2D eigenvalue weighted by molar-refractivity contribution is 8.93. The van der Waals surface area contributed by atoms with Crippen LogP contribution in [0.1, 0.15) is 5.56 Å². The maximum atomic E-state index is 4.42. The van der Waals surface area contributed by atoms with E-state index in [0.717, 1.165) is 5.03 Å². The lowest BCUT2D eigenvalue weighted by Gasteiger charge is -2.13. The zero-order valence-electron chi connectivity index (χ0n) is 9.89. The van der Waals surface area contributed by atoms with Gasteiger partial charge in [-0.05, 0) is 17.7 Å². The molecule has 1 atom stereocenters. The zero-order chi connectivity index (χ0) is 11.9. The number of hydrogen-bond donors (Lipinski definition) is 0. The number of nitrogens with zero attached hydrogens (tertiary/aromatic N) is 2. The van der Waals surface area contributed by atoms with Crippen LogP contribution in [0.25, 0.3) is 4.91 Å². The van der Waals surface area contributed by atoms with Crippen molar-refractivity contribution >= 4 is 51.1 Å². The minimum Gasteiger partial charge on any atom is -0.322 e. The molecule has 1 aromatic carbocycles. The van der Waals surface area contributed by atoms with Crippen molar-refractivity contribution < 1.29 is 0 Å². The summed E-state index contributed by atoms with van der Waals surface area (Å²) in [6.45, 7) is 0. The molecule has 4 rings (SSSR count). The lowest BCUT2D eigenvalue weighted by Crippen LogP contribution is -2.14. The van der Waals surface area contributed by atoms with Crippen LogP contribution in [-0.4, -0.2) is 9.69 Å². The molecule has 0 saturated carbocycles. The van der Waals surface area contributed by atoms with E-state index in [4.69, 9.17) is 0 Å². The van der Waals surface area contributed by atoms with Crippen LogP contribution >= 0.6 is 40.5 Å². The van der Waals surface area contributed by atoms with Gasteiger partial charge in [0, 0.05) is 17.3 Å². The summed E-state index contributed by atoms with van der Waals surface area (Å²) in [7, 11) is 0. The molecule has 0 aliphatic carbocycles. The van der Waals surface area contributed by atoms with Crippen molar-refractivity contribution in [3.63, 3.8) is 0 Å². The Hall–Kier alpha value is -0.910. The average molecular weight is 351 g/mol. The molecule has 0 fully saturated rings. The quantitative estimate of drug-likeness (QED) is 0.746. The van der Waals surface area contributed by atoms with Gasteiger partial charge in [0.05, 0.1) is 5.69 Å². The van der Waals surface area contributed by atoms with Gasteiger partial charge >= 0.3 is 0 Å². The molecule has 0 spiro atoms. The van der Waals surface area contributed by atoms with Crippen LogP contribution in [0.3, 0.4) is 0 Å². The van der Waals surface area contributed by atoms with Crippen LogP contribution in [0.15, 0.2) is 59.9 Å². The van der Waals surface area contributed by atoms with Gasteiger partial charge in [0.25, 0.3) is 0 Å². The Morgan fingerprint density at radius 3 is 2.68 bits per heavy atom. The van der Waals surface area contributed by atoms with E-state index < -0.39 is 0 Å². The van der Waals surface area contributed by atoms with Crippen molar-refractivity contribution in [3.05, 3.63) is 60.4 Å². The average Bonchev–Trinajstić information content (AvgIpc) is 2.97. The molecule has 3 heterocycles. The summed E-state index contributed by atoms with van der Waals surface area (Å²) in [5.74, 6) is 0. The SMILES string of the molecule is Br.C1=C(c2ccccc2)SC2Sc3ncccc3N12. The summed E-state index contributed by atoms with van der Waals surface area (Å²) in [5.41, 5.74) is 2.52. The van der Waals surface area contributed by atoms with Gasteiger partial charge in [-0.3, -0.25) is 0 Å². The molecule has 2 aliphatic rings. The Morgan fingerprint density at radius 2 is 1.84 bits per heavy atom. The first kappa shape index (κ1) is 13.1. The summed E-state index contributed by atoms with van der Waals surface area (Å²) < 4.78 is 0.408. The second-order valence-electron chi connectivity index (χ2n) is 4.14. The van der Waals surface area contributed by atoms with Gasteiger partial charge in [-0.25, -0.2) is 4.98 Å². The number of hydrogen-bond acceptors (Lipinski definition) is 4. The molecule has 96 valence electrons. The lowest BCUT2D eigenvalue weighted by molar-refractivity contribution is 1.09. The van der Waals surface area contributed by atoms with Crippen molar-refractivity contribution in [1.29, 1.82) is 0 Å². The molecule has 1 aromatic heterocycles. The molecule has 2 aliphatic heterocycles. The zero-order valence-corrected chi connectivity index (χ0v) is 13.2. The molecule has 1 unspecified atom stereocenters. The van der Waals surface area contributed by atoms with Crippen molar-refractivity contribution in [1.82, 2.24) is 4.98 Å². The minimum absolute atomic E-state index is 0. The van der Waals surface area contributed by atoms with Crippen molar-refractivity contribution in [2.45, 2.75) is 9.73 Å². The van der Waals surface area contributed by atoms with Gasteiger partial charge in [0.15, 0.2) is 0 Å². The molecular formula is C14H11BrN2S2. The fraction of sp³-hybridized carbons (Fsp3) is 0.0714. The molecule has 0 N–H and O–H groups in total. The number of thioether (sulfide) groups is 2. The highest BCUT2D eigenvalue weighted by Gasteiger charge is 2.35. The third-order valence-corrected chi connectivity index (χ3v) is 5.58. The number of halogens is 1. The standard InChI is InChI=1S/C14H10N2S2.BrH/c1-2-5-10(6-3-1)12-9-16-11-7-4-8-15-13(11)18-14(16)17-12;/h1-9,14H;1H. The Labute approximate surface area is 131 Å². The number of benzene rings is 1. The molecule has 0 radical (unpaired) electrons. The predicted octanol–water partition coefficient (Wildman–Crippen LogP) is 4.60. The summed E-state index contributed by atoms with van der Waals surface area (Å²) in [6, 6.07) is 14.7. The third-order valence-electron chi connectivity index (χ3n) is 3.01. The topological polar surface area (TPSA) is 16.1 Å². The van der Waals surface area contributed by atoms with Crippen LogP contribution in [-0.2, 0) is 0 Å². The van der Waals surface area contributed by atoms with Crippen LogP contribution in [0.4, 0.5) is 5.69 Å². The normalized spacial score (nSPS) is 19.5. The van der Waals surface area contributed by atoms with Gasteiger partial charge in [-0.2, -0.15) is 0 Å². The van der Waals surface area contributed by atoms with E-state index >= 15 is 0 Å². The predicted molar refractivity (Wildman–Crippen MR) is 88.7 cm³/mol. The monoisotopic (exact) mass is 350 g/mol. The highest BCUT2D eigenvalue weighted by Crippen LogP contribution is 2.54. The van der Waals surface area contributed by atoms with Gasteiger partial charge in [0.1, 0.15) is 9.73 Å². The fourth-order valence-electron chi connectivity index (χ4n) is 2.16. The summed E-state index contributed by atoms with van der Waals surface area (Å²) in [5, 5.41) is 1.14. The van der Waals surface area contributed by atoms with E-state index in [1.807, 2.05) is 35.8 Å². The van der Waals surface area contributed by atoms with E-state index in [0.29, 0.717) is 4.71 Å². The van der Waals surface area contributed by atoms with Gasteiger partial charge in [-0.1, -0.05) is 53.9 Å². The summed E-state index contributed by atoms with van der Waals surface area (Å²) in [4.78, 5) is 8.07. The first-order valence-electron chi connectivity index (χ1n) is 5.76. The summed E-state index contributed by atoms with van der Waals surface area (Å²) >= 11 is 3.73. The van der Waals surface area contributed by atoms with Crippen LogP contribution in [0.2, 0.25) is 0 Å². The largest absolute Gasteiger partial charge is 0.322 e. The van der Waals surface area contributed by atoms with Crippen molar-refractivity contribution in [3.8, 4) is 0 Å². The van der Waals surface area contributed by atoms with Gasteiger partial charge in [-0.15, -0.1) is 17.0 Å². The van der Waals surface area contributed by atoms with Crippen molar-refractivity contribution in [2.24, 2.45) is 0 Å². The third kappa shape index (κ3) is 2.20. The van der Waals surface area contributed by atoms with Crippen LogP contribution < -0.4 is 4.90 Å². The second kappa shape index (κ2) is 5.23. The molecular weight excluding hydrogens is 340 g/mol. The maximum Gasteiger partial charge on any atom is 0.136 e. The lowest BCUT2D eigenvalue weighted by atomic mass is 10.2. The van der Waals surface area contributed by atoms with E-state index in [9.17, 15) is 0 Å². The van der Waals surface area contributed by atoms with Gasteiger partial charge < -0.3 is 4.90 Å². The van der Waals surface area contributed by atoms with E-state index in [1.165, 1.54) is 16.2 Å². The highest BCUT2D eigenvalue weighted by atomic mass is 79.9. The van der Waals surface area contributed by atoms with E-state index in [1.54, 1.807) is 0 Å². The molecule has 0 amide bonds. The molecule has 2 aromatic rings. The van der Waals surface area contributed by atoms with Crippen LogP contribution in [0, 0.1) is 0 Å². The Balaban J connectivity index is 0.00000110. The fourth-order valence-corrected chi connectivity index (χ4v) is 4.78. The number of aromatic nitrogens is 1. The Morgan fingerprint density at radius 1 is 1.00 bits per heavy atom. The van der Waals surface area contributed by atoms with E-state index in [2.05, 4.69) is 52.5 Å². The molecule has 5 heteroatoms. The minimum atomic E-state index is 0. The first-order chi connectivity index (χ1) is 8.92. The summed E-state index contributed by atoms with van der Waals surface area (Å²) in [6.07, 6.45) is 4.10. The Bertz CT molecular complexity index is 630. The van der Waals surface area contributed by atoms with Gasteiger partial charge in [0.2, 0.25) is 0 Å². The van der Waals surface area contributed by atoms with E-state index in [-0.39, 0.29) is 17.0 Å². The Kier molecular flexibility index (Phi) is 3.60. The number of pyridine rings is 1. The second-order valence-corrected chi connectivity index (χ2v) is 6.63. The maximum absolute atomic E-state index is 4.42. The number of anilines is 1. The molecule has 2 nitrogen and oxygen atoms in total. The molecule has 0 saturated heterocycles. The smallest absolute Gasteiger partial charge is 0.136 e. The first-order valence-corrected chi connectivity index (χ1v) is 7.52. The molecule has 19 heavy (non-hydrogen) atoms.